The monoisotopic (exact) mass is 271 g/mol. The molecule has 19 heavy (non-hydrogen) atoms. The average molecular weight is 271 g/mol. The van der Waals surface area contributed by atoms with Crippen LogP contribution in [0.1, 0.15) is 30.1 Å². The van der Waals surface area contributed by atoms with Crippen LogP contribution in [0.25, 0.3) is 0 Å². The quantitative estimate of drug-likeness (QED) is 0.473. The van der Waals surface area contributed by atoms with Gasteiger partial charge in [0, 0.05) is 6.54 Å². The molecule has 0 aliphatic rings. The molecule has 1 aromatic carbocycles. The molecule has 0 aliphatic heterocycles. The molecular formula is C13H15F2NO3. The van der Waals surface area contributed by atoms with E-state index < -0.39 is 28.9 Å². The molecule has 0 bridgehead atoms. The van der Waals surface area contributed by atoms with E-state index in [1.807, 2.05) is 12.2 Å². The van der Waals surface area contributed by atoms with E-state index in [0.717, 1.165) is 18.6 Å². The van der Waals surface area contributed by atoms with Crippen molar-refractivity contribution >= 4 is 11.7 Å². The maximum absolute atomic E-state index is 13.6. The zero-order chi connectivity index (χ0) is 14.5. The van der Waals surface area contributed by atoms with E-state index in [1.165, 1.54) is 12.1 Å². The third-order valence-corrected chi connectivity index (χ3v) is 2.53. The predicted octanol–water partition coefficient (Wildman–Crippen LogP) is 2.13. The molecule has 1 rings (SSSR count). The fourth-order valence-electron chi connectivity index (χ4n) is 1.43. The zero-order valence-corrected chi connectivity index (χ0v) is 10.5. The summed E-state index contributed by atoms with van der Waals surface area (Å²) in [7, 11) is 0. The van der Waals surface area contributed by atoms with E-state index in [2.05, 4.69) is 0 Å². The molecule has 4 nitrogen and oxygen atoms in total. The Morgan fingerprint density at radius 1 is 1.32 bits per heavy atom. The molecule has 0 fully saturated rings. The Morgan fingerprint density at radius 2 is 1.95 bits per heavy atom. The van der Waals surface area contributed by atoms with E-state index >= 15 is 0 Å². The standard InChI is InChI=1S/C13H15F2NO3/c1-2-3-8-16-12(19)13(14,15)11(18)9-6-4-5-7-10(9)17/h4-7,17H,2-3,8H2,1H3,(H,16,19). The van der Waals surface area contributed by atoms with Crippen LogP contribution in [0.3, 0.4) is 0 Å². The van der Waals surface area contributed by atoms with Crippen LogP contribution >= 0.6 is 0 Å². The van der Waals surface area contributed by atoms with Crippen molar-refractivity contribution in [3.8, 4) is 5.75 Å². The number of hydrogen-bond donors (Lipinski definition) is 2. The molecule has 2 N–H and O–H groups in total. The number of halogens is 2. The van der Waals surface area contributed by atoms with Crippen molar-refractivity contribution in [3.05, 3.63) is 29.8 Å². The molecule has 0 aliphatic carbocycles. The number of rotatable bonds is 6. The largest absolute Gasteiger partial charge is 0.507 e. The Kier molecular flexibility index (Phi) is 4.97. The summed E-state index contributed by atoms with van der Waals surface area (Å²) in [5.74, 6) is -8.12. The number of phenols is 1. The lowest BCUT2D eigenvalue weighted by atomic mass is 10.0. The number of carbonyl (C=O) groups excluding carboxylic acids is 2. The first kappa shape index (κ1) is 15.1. The third kappa shape index (κ3) is 3.49. The number of hydrogen-bond acceptors (Lipinski definition) is 3. The number of alkyl halides is 2. The van der Waals surface area contributed by atoms with Gasteiger partial charge in [-0.3, -0.25) is 9.59 Å². The van der Waals surface area contributed by atoms with Crippen molar-refractivity contribution in [3.63, 3.8) is 0 Å². The summed E-state index contributed by atoms with van der Waals surface area (Å²) in [4.78, 5) is 22.9. The average Bonchev–Trinajstić information content (AvgIpc) is 2.38. The van der Waals surface area contributed by atoms with Gasteiger partial charge in [0.2, 0.25) is 5.78 Å². The molecule has 1 aromatic rings. The van der Waals surface area contributed by atoms with Gasteiger partial charge in [0.1, 0.15) is 5.75 Å². The van der Waals surface area contributed by atoms with Crippen molar-refractivity contribution in [1.29, 1.82) is 0 Å². The minimum Gasteiger partial charge on any atom is -0.507 e. The summed E-state index contributed by atoms with van der Waals surface area (Å²) < 4.78 is 27.3. The maximum atomic E-state index is 13.6. The van der Waals surface area contributed by atoms with Gasteiger partial charge in [-0.05, 0) is 18.6 Å². The van der Waals surface area contributed by atoms with Gasteiger partial charge in [-0.15, -0.1) is 0 Å². The van der Waals surface area contributed by atoms with Crippen molar-refractivity contribution < 1.29 is 23.5 Å². The Labute approximate surface area is 109 Å². The molecule has 0 radical (unpaired) electrons. The lowest BCUT2D eigenvalue weighted by Crippen LogP contribution is -2.46. The first-order chi connectivity index (χ1) is 8.91. The highest BCUT2D eigenvalue weighted by molar-refractivity contribution is 6.16. The van der Waals surface area contributed by atoms with E-state index in [9.17, 15) is 23.5 Å². The maximum Gasteiger partial charge on any atom is 0.386 e. The van der Waals surface area contributed by atoms with Crippen molar-refractivity contribution in [1.82, 2.24) is 5.32 Å². The van der Waals surface area contributed by atoms with Crippen molar-refractivity contribution in [2.45, 2.75) is 25.7 Å². The molecule has 104 valence electrons. The van der Waals surface area contributed by atoms with Crippen LogP contribution in [-0.4, -0.2) is 29.3 Å². The van der Waals surface area contributed by atoms with Crippen LogP contribution in [0.15, 0.2) is 24.3 Å². The van der Waals surface area contributed by atoms with Crippen LogP contribution in [-0.2, 0) is 4.79 Å². The van der Waals surface area contributed by atoms with Gasteiger partial charge in [0.15, 0.2) is 0 Å². The lowest BCUT2D eigenvalue weighted by molar-refractivity contribution is -0.139. The molecule has 0 saturated carbocycles. The van der Waals surface area contributed by atoms with Crippen LogP contribution in [0, 0.1) is 0 Å². The van der Waals surface area contributed by atoms with Gasteiger partial charge in [-0.1, -0.05) is 25.5 Å². The second-order valence-electron chi connectivity index (χ2n) is 4.03. The minimum atomic E-state index is -4.19. The lowest BCUT2D eigenvalue weighted by Gasteiger charge is -2.15. The topological polar surface area (TPSA) is 66.4 Å². The number of aromatic hydroxyl groups is 1. The number of nitrogens with one attached hydrogen (secondary N) is 1. The number of ketones is 1. The molecular weight excluding hydrogens is 256 g/mol. The van der Waals surface area contributed by atoms with E-state index in [-0.39, 0.29) is 6.54 Å². The fraction of sp³-hybridized carbons (Fsp3) is 0.385. The molecule has 1 amide bonds. The SMILES string of the molecule is CCCCNC(=O)C(F)(F)C(=O)c1ccccc1O. The summed E-state index contributed by atoms with van der Waals surface area (Å²) >= 11 is 0. The summed E-state index contributed by atoms with van der Waals surface area (Å²) in [6.45, 7) is 1.93. The number of Topliss-reactive ketones (excluding diaryl/α,β-unsaturated/α-hetero) is 1. The van der Waals surface area contributed by atoms with Gasteiger partial charge in [-0.25, -0.2) is 0 Å². The number of amides is 1. The minimum absolute atomic E-state index is 0.0823. The number of para-hydroxylation sites is 1. The normalized spacial score (nSPS) is 11.1. The molecule has 0 atom stereocenters. The van der Waals surface area contributed by atoms with E-state index in [1.54, 1.807) is 0 Å². The number of unbranched alkanes of at least 4 members (excludes halogenated alkanes) is 1. The number of carbonyl (C=O) groups is 2. The van der Waals surface area contributed by atoms with Crippen LogP contribution < -0.4 is 5.32 Å². The first-order valence-corrected chi connectivity index (χ1v) is 5.90. The summed E-state index contributed by atoms with van der Waals surface area (Å²) in [5, 5.41) is 11.4. The van der Waals surface area contributed by atoms with Crippen molar-refractivity contribution in [2.75, 3.05) is 6.54 Å². The van der Waals surface area contributed by atoms with Crippen molar-refractivity contribution in [2.24, 2.45) is 0 Å². The molecule has 0 spiro atoms. The van der Waals surface area contributed by atoms with Crippen LogP contribution in [0.4, 0.5) is 8.78 Å². The van der Waals surface area contributed by atoms with Gasteiger partial charge in [-0.2, -0.15) is 8.78 Å². The van der Waals surface area contributed by atoms with E-state index in [0.29, 0.717) is 6.42 Å². The van der Waals surface area contributed by atoms with Gasteiger partial charge < -0.3 is 10.4 Å². The first-order valence-electron chi connectivity index (χ1n) is 5.90. The molecule has 6 heteroatoms. The Bertz CT molecular complexity index is 475. The highest BCUT2D eigenvalue weighted by Gasteiger charge is 2.48. The Morgan fingerprint density at radius 3 is 2.53 bits per heavy atom. The number of phenolic OH excluding ortho intramolecular Hbond substituents is 1. The fourth-order valence-corrected chi connectivity index (χ4v) is 1.43. The summed E-state index contributed by atoms with van der Waals surface area (Å²) in [6, 6.07) is 4.88. The van der Waals surface area contributed by atoms with E-state index in [4.69, 9.17) is 0 Å². The number of benzene rings is 1. The highest BCUT2D eigenvalue weighted by Crippen LogP contribution is 2.25. The van der Waals surface area contributed by atoms with Crippen LogP contribution in [0.5, 0.6) is 5.75 Å². The second kappa shape index (κ2) is 6.26. The molecule has 0 saturated heterocycles. The highest BCUT2D eigenvalue weighted by atomic mass is 19.3. The van der Waals surface area contributed by atoms with Gasteiger partial charge in [0.25, 0.3) is 5.91 Å². The summed E-state index contributed by atoms with van der Waals surface area (Å²) in [6.07, 6.45) is 1.28. The molecule has 0 aromatic heterocycles. The van der Waals surface area contributed by atoms with Gasteiger partial charge in [0.05, 0.1) is 5.56 Å². The Balaban J connectivity index is 2.85. The smallest absolute Gasteiger partial charge is 0.386 e. The second-order valence-corrected chi connectivity index (χ2v) is 4.03. The predicted molar refractivity (Wildman–Crippen MR) is 65.3 cm³/mol. The van der Waals surface area contributed by atoms with Crippen LogP contribution in [0.2, 0.25) is 0 Å². The zero-order valence-electron chi connectivity index (χ0n) is 10.5. The van der Waals surface area contributed by atoms with Gasteiger partial charge >= 0.3 is 5.92 Å². The molecule has 0 unspecified atom stereocenters. The summed E-state index contributed by atoms with van der Waals surface area (Å²) in [5.41, 5.74) is -0.571. The Hall–Kier alpha value is -1.98. The third-order valence-electron chi connectivity index (χ3n) is 2.53. The molecule has 0 heterocycles.